The van der Waals surface area contributed by atoms with E-state index < -0.39 is 5.97 Å². The van der Waals surface area contributed by atoms with E-state index in [0.717, 1.165) is 16.3 Å². The second kappa shape index (κ2) is 5.33. The number of rotatable bonds is 4. The van der Waals surface area contributed by atoms with E-state index in [0.29, 0.717) is 0 Å². The summed E-state index contributed by atoms with van der Waals surface area (Å²) in [5.74, 6) is 0.00456. The normalized spacial score (nSPS) is 10.4. The summed E-state index contributed by atoms with van der Waals surface area (Å²) in [5.41, 5.74) is 2.34. The van der Waals surface area contributed by atoms with Gasteiger partial charge in [0.2, 0.25) is 0 Å². The number of aromatic nitrogens is 1. The highest BCUT2D eigenvalue weighted by atomic mass is 32.2. The van der Waals surface area contributed by atoms with Gasteiger partial charge in [-0.05, 0) is 11.8 Å². The minimum absolute atomic E-state index is 0.109. The summed E-state index contributed by atoms with van der Waals surface area (Å²) < 4.78 is 0. The fourth-order valence-electron chi connectivity index (χ4n) is 1.41. The van der Waals surface area contributed by atoms with Crippen molar-refractivity contribution in [1.29, 1.82) is 0 Å². The molecule has 0 aliphatic carbocycles. The molecule has 0 amide bonds. The van der Waals surface area contributed by atoms with Gasteiger partial charge < -0.3 is 5.11 Å². The van der Waals surface area contributed by atoms with Gasteiger partial charge in [0.05, 0.1) is 0 Å². The summed E-state index contributed by atoms with van der Waals surface area (Å²) >= 11 is 3.13. The topological polar surface area (TPSA) is 50.2 Å². The van der Waals surface area contributed by atoms with Crippen LogP contribution in [0.5, 0.6) is 0 Å². The van der Waals surface area contributed by atoms with Crippen molar-refractivity contribution in [2.45, 2.75) is 5.75 Å². The highest BCUT2D eigenvalue weighted by Crippen LogP contribution is 2.24. The number of thioether (sulfide) groups is 1. The third-order valence-electron chi connectivity index (χ3n) is 2.24. The van der Waals surface area contributed by atoms with E-state index in [9.17, 15) is 4.79 Å². The molecule has 88 valence electrons. The molecule has 1 aromatic heterocycles. The van der Waals surface area contributed by atoms with Crippen molar-refractivity contribution >= 4 is 29.1 Å². The molecule has 0 bridgehead atoms. The minimum atomic E-state index is -0.980. The van der Waals surface area contributed by atoms with Gasteiger partial charge in [0, 0.05) is 16.7 Å². The molecule has 1 N–H and O–H groups in total. The summed E-state index contributed by atoms with van der Waals surface area (Å²) in [6.45, 7) is 0. The molecule has 0 unspecified atom stereocenters. The number of hydrogen-bond donors (Lipinski definition) is 1. The van der Waals surface area contributed by atoms with Crippen molar-refractivity contribution in [3.63, 3.8) is 0 Å². The van der Waals surface area contributed by atoms with E-state index in [2.05, 4.69) is 11.2 Å². The first-order valence-electron chi connectivity index (χ1n) is 4.98. The van der Waals surface area contributed by atoms with E-state index in [1.165, 1.54) is 16.9 Å². The van der Waals surface area contributed by atoms with Crippen molar-refractivity contribution in [3.8, 4) is 10.6 Å². The van der Waals surface area contributed by atoms with Crippen LogP contribution >= 0.6 is 23.1 Å². The molecular formula is C12H11NO2S2. The molecule has 3 nitrogen and oxygen atoms in total. The zero-order chi connectivity index (χ0) is 12.3. The van der Waals surface area contributed by atoms with E-state index >= 15 is 0 Å². The predicted octanol–water partition coefficient (Wildman–Crippen LogP) is 3.37. The molecule has 5 heteroatoms. The van der Waals surface area contributed by atoms with Crippen LogP contribution in [-0.4, -0.2) is 22.3 Å². The van der Waals surface area contributed by atoms with Crippen molar-refractivity contribution in [1.82, 2.24) is 4.98 Å². The van der Waals surface area contributed by atoms with Crippen LogP contribution in [0.2, 0.25) is 0 Å². The van der Waals surface area contributed by atoms with Gasteiger partial charge in [-0.15, -0.1) is 11.3 Å². The highest BCUT2D eigenvalue weighted by molar-refractivity contribution is 7.97. The van der Waals surface area contributed by atoms with Gasteiger partial charge in [0.15, 0.2) is 5.69 Å². The largest absolute Gasteiger partial charge is 0.476 e. The Morgan fingerprint density at radius 3 is 2.65 bits per heavy atom. The maximum Gasteiger partial charge on any atom is 0.355 e. The number of hydrogen-bond acceptors (Lipinski definition) is 4. The Bertz CT molecular complexity index is 520. The Hall–Kier alpha value is -1.33. The Kier molecular flexibility index (Phi) is 3.81. The van der Waals surface area contributed by atoms with Crippen molar-refractivity contribution in [2.24, 2.45) is 0 Å². The molecule has 0 fully saturated rings. The number of carboxylic acids is 1. The lowest BCUT2D eigenvalue weighted by molar-refractivity contribution is 0.0691. The molecule has 0 saturated heterocycles. The molecule has 1 aromatic carbocycles. The average Bonchev–Trinajstić information content (AvgIpc) is 2.80. The molecule has 17 heavy (non-hydrogen) atoms. The quantitative estimate of drug-likeness (QED) is 0.920. The van der Waals surface area contributed by atoms with Crippen LogP contribution < -0.4 is 0 Å². The minimum Gasteiger partial charge on any atom is -0.476 e. The standard InChI is InChI=1S/C12H11NO2S2/c1-16-6-8-2-4-9(5-3-8)11-13-10(7-17-11)12(14)15/h2-5,7H,6H2,1H3,(H,14,15). The smallest absolute Gasteiger partial charge is 0.355 e. The number of carboxylic acid groups (broad SMARTS) is 1. The van der Waals surface area contributed by atoms with Gasteiger partial charge in [0.25, 0.3) is 0 Å². The highest BCUT2D eigenvalue weighted by Gasteiger charge is 2.09. The summed E-state index contributed by atoms with van der Waals surface area (Å²) in [5, 5.41) is 11.1. The van der Waals surface area contributed by atoms with Crippen LogP contribution in [-0.2, 0) is 5.75 Å². The van der Waals surface area contributed by atoms with Crippen LogP contribution in [0, 0.1) is 0 Å². The lowest BCUT2D eigenvalue weighted by atomic mass is 10.2. The van der Waals surface area contributed by atoms with Crippen LogP contribution in [0.15, 0.2) is 29.6 Å². The third kappa shape index (κ3) is 2.87. The maximum atomic E-state index is 10.7. The zero-order valence-electron chi connectivity index (χ0n) is 9.21. The molecule has 2 aromatic rings. The lowest BCUT2D eigenvalue weighted by Crippen LogP contribution is -1.95. The number of thiazole rings is 1. The molecule has 2 rings (SSSR count). The lowest BCUT2D eigenvalue weighted by Gasteiger charge is -1.99. The number of nitrogens with zero attached hydrogens (tertiary/aromatic N) is 1. The molecule has 0 aliphatic rings. The summed E-state index contributed by atoms with van der Waals surface area (Å²) in [6, 6.07) is 8.06. The first kappa shape index (κ1) is 12.1. The fourth-order valence-corrected chi connectivity index (χ4v) is 2.74. The van der Waals surface area contributed by atoms with E-state index in [-0.39, 0.29) is 5.69 Å². The predicted molar refractivity (Wildman–Crippen MR) is 71.7 cm³/mol. The van der Waals surface area contributed by atoms with Gasteiger partial charge in [-0.25, -0.2) is 9.78 Å². The Morgan fingerprint density at radius 1 is 1.41 bits per heavy atom. The van der Waals surface area contributed by atoms with E-state index in [1.54, 1.807) is 17.1 Å². The van der Waals surface area contributed by atoms with Gasteiger partial charge in [-0.3, -0.25) is 0 Å². The van der Waals surface area contributed by atoms with Crippen LogP contribution in [0.4, 0.5) is 0 Å². The zero-order valence-corrected chi connectivity index (χ0v) is 10.8. The first-order valence-corrected chi connectivity index (χ1v) is 7.25. The molecule has 0 spiro atoms. The molecule has 0 radical (unpaired) electrons. The summed E-state index contributed by atoms with van der Waals surface area (Å²) in [4.78, 5) is 14.8. The molecular weight excluding hydrogens is 254 g/mol. The molecule has 0 saturated carbocycles. The van der Waals surface area contributed by atoms with Gasteiger partial charge >= 0.3 is 5.97 Å². The SMILES string of the molecule is CSCc1ccc(-c2nc(C(=O)O)cs2)cc1. The number of aromatic carboxylic acids is 1. The second-order valence-corrected chi connectivity index (χ2v) is 5.20. The first-order chi connectivity index (χ1) is 8.20. The van der Waals surface area contributed by atoms with Crippen molar-refractivity contribution < 1.29 is 9.90 Å². The van der Waals surface area contributed by atoms with Crippen LogP contribution in [0.25, 0.3) is 10.6 Å². The number of benzene rings is 1. The van der Waals surface area contributed by atoms with E-state index in [1.807, 2.05) is 24.3 Å². The van der Waals surface area contributed by atoms with Crippen LogP contribution in [0.3, 0.4) is 0 Å². The van der Waals surface area contributed by atoms with Crippen molar-refractivity contribution in [2.75, 3.05) is 6.26 Å². The Labute approximate surface area is 108 Å². The van der Waals surface area contributed by atoms with E-state index in [4.69, 9.17) is 5.11 Å². The fraction of sp³-hybridized carbons (Fsp3) is 0.167. The molecule has 1 heterocycles. The Balaban J connectivity index is 2.23. The van der Waals surface area contributed by atoms with Crippen LogP contribution in [0.1, 0.15) is 16.1 Å². The third-order valence-corrected chi connectivity index (χ3v) is 3.75. The number of carbonyl (C=O) groups is 1. The molecule has 0 aliphatic heterocycles. The molecule has 0 atom stereocenters. The van der Waals surface area contributed by atoms with Gasteiger partial charge in [0.1, 0.15) is 5.01 Å². The monoisotopic (exact) mass is 265 g/mol. The summed E-state index contributed by atoms with van der Waals surface area (Å²) in [6.07, 6.45) is 2.06. The maximum absolute atomic E-state index is 10.7. The van der Waals surface area contributed by atoms with Gasteiger partial charge in [-0.2, -0.15) is 11.8 Å². The van der Waals surface area contributed by atoms with Gasteiger partial charge in [-0.1, -0.05) is 24.3 Å². The summed E-state index contributed by atoms with van der Waals surface area (Å²) in [7, 11) is 0. The average molecular weight is 265 g/mol. The Morgan fingerprint density at radius 2 is 2.12 bits per heavy atom. The van der Waals surface area contributed by atoms with Crippen molar-refractivity contribution in [3.05, 3.63) is 40.9 Å². The second-order valence-electron chi connectivity index (χ2n) is 3.47.